The van der Waals surface area contributed by atoms with Gasteiger partial charge in [-0.05, 0) is 19.8 Å². The molecule has 15 nitrogen and oxygen atoms in total. The summed E-state index contributed by atoms with van der Waals surface area (Å²) in [6, 6.07) is -2.35. The molecule has 2 aliphatic heterocycles. The van der Waals surface area contributed by atoms with Crippen LogP contribution in [0.5, 0.6) is 0 Å². The minimum Gasteiger partial charge on any atom is -0.508 e. The normalized spacial score (nSPS) is 13.9. The Balaban J connectivity index is -0.0000000589. The Bertz CT molecular complexity index is 871. The van der Waals surface area contributed by atoms with Crippen LogP contribution in [-0.4, -0.2) is 90.3 Å². The number of rotatable bonds is 13. The Morgan fingerprint density at radius 2 is 1.16 bits per heavy atom. The molecule has 0 aromatic carbocycles. The first-order valence-electron chi connectivity index (χ1n) is 14.3. The molecule has 2 aliphatic rings. The molecule has 0 spiro atoms. The van der Waals surface area contributed by atoms with Gasteiger partial charge in [-0.25, -0.2) is 9.59 Å². The van der Waals surface area contributed by atoms with E-state index in [0.717, 1.165) is 19.1 Å². The van der Waals surface area contributed by atoms with Crippen LogP contribution in [-0.2, 0) is 94.2 Å². The first-order chi connectivity index (χ1) is 20.8. The van der Waals surface area contributed by atoms with Crippen molar-refractivity contribution in [2.24, 2.45) is 5.73 Å². The number of unbranched alkanes of at least 4 members (excludes halogenated alkanes) is 4. The van der Waals surface area contributed by atoms with E-state index in [0.29, 0.717) is 19.3 Å². The summed E-state index contributed by atoms with van der Waals surface area (Å²) in [7, 11) is 5.93. The van der Waals surface area contributed by atoms with Gasteiger partial charge in [0.15, 0.2) is 5.91 Å². The third kappa shape index (κ3) is 51.0. The monoisotopic (exact) mass is 839 g/mol. The van der Waals surface area contributed by atoms with E-state index in [-0.39, 0.29) is 128 Å². The Kier molecular flexibility index (Phi) is 72.0. The number of hydrogen-bond acceptors (Lipinski definition) is 9. The zero-order chi connectivity index (χ0) is 34.9. The number of Topliss-reactive ketones (excluding diaryl/α,β-unsaturated/α-hetero) is 1. The van der Waals surface area contributed by atoms with Gasteiger partial charge in [0, 0.05) is 116 Å². The van der Waals surface area contributed by atoms with Crippen LogP contribution in [0.25, 0.3) is 0 Å². The molecular weight excluding hydrogens is 787 g/mol. The standard InChI is InChI=1S/C7H10N3O3.C6H8N2O4.C5H8O2.2C5H11.CH4N.3B.2Y/c1-8-5(11)3-2-4-6(12)10-7(13)9-4;9-4(10)2-1-3-5(11)8-6(12)7-3;1-5(7)3-2-4-6;2*1-3-5-4-2;1-2;;;;;/h4H,1-3H2,(H,8,11)(H2,9,10,12,13);3H,1-2H2,(H,9,10)(H2,7,8,11,12);4H,2-3H2,1H3;2*1,3-5H2,2H3;1-2H2;;;;;/q-1;;;3*-1;;;;;. The number of nitrogens with two attached hydrogens (primary N) is 1. The molecule has 271 valence electrons. The van der Waals surface area contributed by atoms with Crippen molar-refractivity contribution in [2.45, 2.75) is 110 Å². The second-order valence-corrected chi connectivity index (χ2v) is 8.92. The minimum atomic E-state index is -0.982. The van der Waals surface area contributed by atoms with Gasteiger partial charge in [0.05, 0.1) is 0 Å². The first kappa shape index (κ1) is 69.3. The van der Waals surface area contributed by atoms with Crippen molar-refractivity contribution in [2.75, 3.05) is 0 Å². The Labute approximate surface area is 349 Å². The van der Waals surface area contributed by atoms with E-state index >= 15 is 0 Å². The topological polar surface area (TPSA) is 243 Å². The molecule has 2 saturated heterocycles. The summed E-state index contributed by atoms with van der Waals surface area (Å²) >= 11 is 0. The summed E-state index contributed by atoms with van der Waals surface area (Å²) in [5.41, 5.74) is 4.25. The van der Waals surface area contributed by atoms with Crippen LogP contribution in [0.4, 0.5) is 9.59 Å². The average molecular weight is 839 g/mol. The molecule has 7 amide bonds. The Morgan fingerprint density at radius 3 is 1.35 bits per heavy atom. The second kappa shape index (κ2) is 50.9. The summed E-state index contributed by atoms with van der Waals surface area (Å²) in [4.78, 5) is 83.3. The van der Waals surface area contributed by atoms with Crippen molar-refractivity contribution >= 4 is 73.1 Å². The minimum absolute atomic E-state index is 0. The van der Waals surface area contributed by atoms with Crippen LogP contribution >= 0.6 is 0 Å². The molecule has 8 N–H and O–H groups in total. The van der Waals surface area contributed by atoms with Crippen molar-refractivity contribution in [3.8, 4) is 0 Å². The van der Waals surface area contributed by atoms with Crippen molar-refractivity contribution in [3.63, 3.8) is 0 Å². The molecule has 2 atom stereocenters. The van der Waals surface area contributed by atoms with Gasteiger partial charge in [-0.15, -0.1) is 0 Å². The van der Waals surface area contributed by atoms with Crippen LogP contribution < -0.4 is 32.3 Å². The zero-order valence-electron chi connectivity index (χ0n) is 29.2. The molecular formula is C29H52B3N6O9Y2-4. The fraction of sp³-hybridized carbons (Fsp3) is 0.586. The average Bonchev–Trinajstić information content (AvgIpc) is 3.49. The van der Waals surface area contributed by atoms with Gasteiger partial charge in [-0.1, -0.05) is 39.5 Å². The maximum atomic E-state index is 10.9. The number of ketones is 1. The number of carbonyl (C=O) groups excluding carboxylic acids is 7. The number of carbonyl (C=O) groups is 8. The van der Waals surface area contributed by atoms with Crippen LogP contribution in [0.3, 0.4) is 0 Å². The molecule has 2 unspecified atom stereocenters. The van der Waals surface area contributed by atoms with Gasteiger partial charge in [0.1, 0.15) is 24.2 Å². The number of aldehydes is 1. The molecule has 0 aromatic rings. The van der Waals surface area contributed by atoms with Gasteiger partial charge in [0.25, 0.3) is 11.8 Å². The van der Waals surface area contributed by atoms with Crippen molar-refractivity contribution in [1.82, 2.24) is 26.6 Å². The van der Waals surface area contributed by atoms with E-state index in [4.69, 9.17) is 5.11 Å². The third-order valence-electron chi connectivity index (χ3n) is 5.04. The molecule has 0 saturated carbocycles. The fourth-order valence-corrected chi connectivity index (χ4v) is 2.72. The fourth-order valence-electron chi connectivity index (χ4n) is 2.72. The van der Waals surface area contributed by atoms with Gasteiger partial charge in [-0.3, -0.25) is 43.9 Å². The third-order valence-corrected chi connectivity index (χ3v) is 5.04. The number of imide groups is 2. The van der Waals surface area contributed by atoms with Crippen molar-refractivity contribution in [1.29, 1.82) is 0 Å². The number of amides is 7. The SMILES string of the molecule is CC(=O)CCC=O.O=C(O)CCC1NC(=O)NC1=O.[B].[B].[B].[CH2-]CCCC.[CH2-]CCCC.[CH2-]N.[CH2-]NC(=O)CCC1NC(=O)NC1=O.[Y].[Y]. The van der Waals surface area contributed by atoms with Crippen LogP contribution in [0.1, 0.15) is 97.8 Å². The van der Waals surface area contributed by atoms with Crippen molar-refractivity contribution in [3.05, 3.63) is 27.9 Å². The number of carboxylic acid groups (broad SMARTS) is 1. The number of hydrogen-bond donors (Lipinski definition) is 7. The Morgan fingerprint density at radius 1 is 0.796 bits per heavy atom. The van der Waals surface area contributed by atoms with Crippen molar-refractivity contribution < 1.29 is 109 Å². The molecule has 49 heavy (non-hydrogen) atoms. The smallest absolute Gasteiger partial charge is 0.322 e. The quantitative estimate of drug-likeness (QED) is 0.0603. The van der Waals surface area contributed by atoms with Crippen LogP contribution in [0.2, 0.25) is 0 Å². The number of urea groups is 2. The summed E-state index contributed by atoms with van der Waals surface area (Å²) < 4.78 is 0. The number of nitrogens with one attached hydrogen (secondary N) is 5. The van der Waals surface area contributed by atoms with E-state index < -0.39 is 36.0 Å². The largest absolute Gasteiger partial charge is 0.508 e. The second-order valence-electron chi connectivity index (χ2n) is 8.92. The van der Waals surface area contributed by atoms with E-state index in [1.165, 1.54) is 32.6 Å². The summed E-state index contributed by atoms with van der Waals surface area (Å²) in [5, 5.41) is 19.2. The van der Waals surface area contributed by atoms with E-state index in [1.807, 2.05) is 5.32 Å². The van der Waals surface area contributed by atoms with Gasteiger partial charge in [0.2, 0.25) is 0 Å². The van der Waals surface area contributed by atoms with Gasteiger partial charge >= 0.3 is 18.0 Å². The molecule has 11 radical (unpaired) electrons. The Hall–Kier alpha value is -1.48. The first-order valence-corrected chi connectivity index (χ1v) is 14.3. The van der Waals surface area contributed by atoms with Crippen LogP contribution in [0.15, 0.2) is 0 Å². The summed E-state index contributed by atoms with van der Waals surface area (Å²) in [6.45, 7) is 13.2. The van der Waals surface area contributed by atoms with E-state index in [9.17, 15) is 38.4 Å². The summed E-state index contributed by atoms with van der Waals surface area (Å²) in [5.74, 6) is -2.01. The maximum Gasteiger partial charge on any atom is 0.322 e. The molecule has 2 rings (SSSR count). The molecule has 0 bridgehead atoms. The van der Waals surface area contributed by atoms with E-state index in [2.05, 4.69) is 68.8 Å². The zero-order valence-corrected chi connectivity index (χ0v) is 34.9. The predicted octanol–water partition coefficient (Wildman–Crippen LogP) is 1.11. The molecule has 0 aromatic heterocycles. The number of carboxylic acids is 1. The summed E-state index contributed by atoms with van der Waals surface area (Å²) in [6.07, 6.45) is 9.28. The molecule has 2 heterocycles. The molecule has 0 aliphatic carbocycles. The number of aliphatic carboxylic acids is 1. The predicted molar refractivity (Wildman–Crippen MR) is 183 cm³/mol. The van der Waals surface area contributed by atoms with Crippen LogP contribution in [0, 0.1) is 27.9 Å². The van der Waals surface area contributed by atoms with Gasteiger partial charge < -0.3 is 50.2 Å². The maximum absolute atomic E-state index is 10.9. The van der Waals surface area contributed by atoms with Gasteiger partial charge in [-0.2, -0.15) is 12.8 Å². The van der Waals surface area contributed by atoms with E-state index in [1.54, 1.807) is 0 Å². The molecule has 2 fully saturated rings. The molecule has 20 heteroatoms.